The number of ether oxygens (including phenoxy) is 1. The van der Waals surface area contributed by atoms with Gasteiger partial charge in [-0.05, 0) is 43.5 Å². The van der Waals surface area contributed by atoms with Crippen LogP contribution >= 0.6 is 0 Å². The maximum Gasteiger partial charge on any atom is 0.119 e. The maximum absolute atomic E-state index is 6.15. The highest BCUT2D eigenvalue weighted by Gasteiger charge is 2.30. The van der Waals surface area contributed by atoms with E-state index in [1.165, 1.54) is 18.4 Å². The van der Waals surface area contributed by atoms with Gasteiger partial charge in [-0.3, -0.25) is 4.90 Å². The van der Waals surface area contributed by atoms with Gasteiger partial charge in [0, 0.05) is 19.0 Å². The number of likely N-dealkylation sites (N-methyl/N-ethyl adjacent to an activating group) is 1. The van der Waals surface area contributed by atoms with Crippen LogP contribution in [0.15, 0.2) is 24.3 Å². The average Bonchev–Trinajstić information content (AvgIpc) is 2.72. The van der Waals surface area contributed by atoms with E-state index in [0.29, 0.717) is 12.1 Å². The topological polar surface area (TPSA) is 12.5 Å². The highest BCUT2D eigenvalue weighted by atomic mass is 16.5. The Morgan fingerprint density at radius 3 is 2.55 bits per heavy atom. The van der Waals surface area contributed by atoms with E-state index in [-0.39, 0.29) is 0 Å². The minimum Gasteiger partial charge on any atom is -0.489 e. The summed E-state index contributed by atoms with van der Waals surface area (Å²) in [5.74, 6) is 1.78. The molecule has 1 aromatic rings. The van der Waals surface area contributed by atoms with Crippen molar-refractivity contribution in [3.8, 4) is 5.75 Å². The van der Waals surface area contributed by atoms with Crippen molar-refractivity contribution in [1.82, 2.24) is 4.90 Å². The van der Waals surface area contributed by atoms with Crippen molar-refractivity contribution in [1.29, 1.82) is 0 Å². The van der Waals surface area contributed by atoms with Gasteiger partial charge < -0.3 is 4.74 Å². The van der Waals surface area contributed by atoms with Crippen LogP contribution in [0.3, 0.4) is 0 Å². The van der Waals surface area contributed by atoms with Crippen molar-refractivity contribution >= 4 is 0 Å². The Labute approximate surface area is 124 Å². The van der Waals surface area contributed by atoms with Crippen LogP contribution < -0.4 is 4.74 Å². The molecule has 2 unspecified atom stereocenters. The van der Waals surface area contributed by atoms with Crippen molar-refractivity contribution in [3.63, 3.8) is 0 Å². The lowest BCUT2D eigenvalue weighted by molar-refractivity contribution is 0.207. The molecule has 0 radical (unpaired) electrons. The lowest BCUT2D eigenvalue weighted by Gasteiger charge is -2.20. The standard InChI is InChI=1S/C18H29NO/c1-5-6-15-7-9-17(10-8-15)20-18-12-16(11-14(2)3)19(4)13-18/h7-10,14,16,18H,5-6,11-13H2,1-4H3. The first kappa shape index (κ1) is 15.4. The Hall–Kier alpha value is -1.02. The molecule has 1 aliphatic rings. The SMILES string of the molecule is CCCc1ccc(OC2CC(CC(C)C)N(C)C2)cc1. The van der Waals surface area contributed by atoms with Crippen LogP contribution in [0.2, 0.25) is 0 Å². The molecule has 0 aliphatic carbocycles. The van der Waals surface area contributed by atoms with Crippen molar-refractivity contribution in [2.45, 2.75) is 58.6 Å². The molecule has 1 heterocycles. The predicted octanol–water partition coefficient (Wildman–Crippen LogP) is 4.14. The van der Waals surface area contributed by atoms with Gasteiger partial charge in [0.25, 0.3) is 0 Å². The van der Waals surface area contributed by atoms with Gasteiger partial charge in [0.15, 0.2) is 0 Å². The molecule has 2 heteroatoms. The number of benzene rings is 1. The summed E-state index contributed by atoms with van der Waals surface area (Å²) < 4.78 is 6.15. The van der Waals surface area contributed by atoms with Gasteiger partial charge in [-0.15, -0.1) is 0 Å². The Balaban J connectivity index is 1.87. The molecule has 0 amide bonds. The summed E-state index contributed by atoms with van der Waals surface area (Å²) in [6.45, 7) is 7.87. The first-order valence-corrected chi connectivity index (χ1v) is 8.04. The fourth-order valence-corrected chi connectivity index (χ4v) is 3.15. The highest BCUT2D eigenvalue weighted by molar-refractivity contribution is 5.27. The molecule has 0 aromatic heterocycles. The van der Waals surface area contributed by atoms with Gasteiger partial charge in [-0.25, -0.2) is 0 Å². The summed E-state index contributed by atoms with van der Waals surface area (Å²) in [5.41, 5.74) is 1.40. The second-order valence-corrected chi connectivity index (χ2v) is 6.59. The van der Waals surface area contributed by atoms with E-state index >= 15 is 0 Å². The fourth-order valence-electron chi connectivity index (χ4n) is 3.15. The first-order valence-electron chi connectivity index (χ1n) is 8.04. The van der Waals surface area contributed by atoms with Gasteiger partial charge in [0.1, 0.15) is 11.9 Å². The predicted molar refractivity (Wildman–Crippen MR) is 85.3 cm³/mol. The van der Waals surface area contributed by atoms with Crippen molar-refractivity contribution < 1.29 is 4.74 Å². The second kappa shape index (κ2) is 7.12. The zero-order chi connectivity index (χ0) is 14.5. The highest BCUT2D eigenvalue weighted by Crippen LogP contribution is 2.26. The summed E-state index contributed by atoms with van der Waals surface area (Å²) in [4.78, 5) is 2.45. The molecule has 20 heavy (non-hydrogen) atoms. The molecular weight excluding hydrogens is 246 g/mol. The van der Waals surface area contributed by atoms with Crippen LogP contribution in [0.1, 0.15) is 45.6 Å². The van der Waals surface area contributed by atoms with E-state index in [0.717, 1.165) is 31.1 Å². The third kappa shape index (κ3) is 4.24. The average molecular weight is 275 g/mol. The molecule has 1 aliphatic heterocycles. The minimum atomic E-state index is 0.348. The molecule has 0 bridgehead atoms. The Morgan fingerprint density at radius 1 is 1.25 bits per heavy atom. The largest absolute Gasteiger partial charge is 0.489 e. The molecule has 0 spiro atoms. The third-order valence-corrected chi connectivity index (χ3v) is 4.16. The molecule has 1 saturated heterocycles. The monoisotopic (exact) mass is 275 g/mol. The number of nitrogens with zero attached hydrogens (tertiary/aromatic N) is 1. The van der Waals surface area contributed by atoms with Gasteiger partial charge >= 0.3 is 0 Å². The van der Waals surface area contributed by atoms with Gasteiger partial charge in [-0.1, -0.05) is 39.3 Å². The van der Waals surface area contributed by atoms with Crippen LogP contribution in [0.5, 0.6) is 5.75 Å². The normalized spacial score (nSPS) is 23.4. The number of aryl methyl sites for hydroxylation is 1. The summed E-state index contributed by atoms with van der Waals surface area (Å²) in [7, 11) is 2.22. The molecule has 0 N–H and O–H groups in total. The third-order valence-electron chi connectivity index (χ3n) is 4.16. The van der Waals surface area contributed by atoms with E-state index in [9.17, 15) is 0 Å². The summed E-state index contributed by atoms with van der Waals surface area (Å²) in [6.07, 6.45) is 5.13. The maximum atomic E-state index is 6.15. The molecule has 112 valence electrons. The minimum absolute atomic E-state index is 0.348. The number of hydrogen-bond donors (Lipinski definition) is 0. The van der Waals surface area contributed by atoms with Crippen LogP contribution in [-0.4, -0.2) is 30.6 Å². The van der Waals surface area contributed by atoms with Crippen LogP contribution in [-0.2, 0) is 6.42 Å². The van der Waals surface area contributed by atoms with Crippen molar-refractivity contribution in [3.05, 3.63) is 29.8 Å². The fraction of sp³-hybridized carbons (Fsp3) is 0.667. The zero-order valence-electron chi connectivity index (χ0n) is 13.4. The van der Waals surface area contributed by atoms with Gasteiger partial charge in [0.05, 0.1) is 0 Å². The molecular formula is C18H29NO. The molecule has 2 nitrogen and oxygen atoms in total. The Bertz CT molecular complexity index is 398. The van der Waals surface area contributed by atoms with Crippen LogP contribution in [0, 0.1) is 5.92 Å². The number of hydrogen-bond acceptors (Lipinski definition) is 2. The summed E-state index contributed by atoms with van der Waals surface area (Å²) in [6, 6.07) is 9.33. The van der Waals surface area contributed by atoms with E-state index < -0.39 is 0 Å². The molecule has 0 saturated carbocycles. The quantitative estimate of drug-likeness (QED) is 0.774. The lowest BCUT2D eigenvalue weighted by Crippen LogP contribution is -2.26. The smallest absolute Gasteiger partial charge is 0.119 e. The summed E-state index contributed by atoms with van der Waals surface area (Å²) >= 11 is 0. The van der Waals surface area contributed by atoms with Crippen LogP contribution in [0.4, 0.5) is 0 Å². The number of rotatable bonds is 6. The summed E-state index contributed by atoms with van der Waals surface area (Å²) in [5, 5.41) is 0. The van der Waals surface area contributed by atoms with E-state index in [1.807, 2.05) is 0 Å². The molecule has 1 fully saturated rings. The number of likely N-dealkylation sites (tertiary alicyclic amines) is 1. The lowest BCUT2D eigenvalue weighted by atomic mass is 10.0. The zero-order valence-corrected chi connectivity index (χ0v) is 13.4. The molecule has 2 atom stereocenters. The van der Waals surface area contributed by atoms with Gasteiger partial charge in [0.2, 0.25) is 0 Å². The molecule has 2 rings (SSSR count). The van der Waals surface area contributed by atoms with E-state index in [1.54, 1.807) is 0 Å². The molecule has 1 aromatic carbocycles. The second-order valence-electron chi connectivity index (χ2n) is 6.59. The van der Waals surface area contributed by atoms with E-state index in [4.69, 9.17) is 4.74 Å². The Morgan fingerprint density at radius 2 is 1.95 bits per heavy atom. The van der Waals surface area contributed by atoms with Crippen LogP contribution in [0.25, 0.3) is 0 Å². The van der Waals surface area contributed by atoms with Gasteiger partial charge in [-0.2, -0.15) is 0 Å². The Kier molecular flexibility index (Phi) is 5.47. The van der Waals surface area contributed by atoms with Crippen molar-refractivity contribution in [2.75, 3.05) is 13.6 Å². The van der Waals surface area contributed by atoms with E-state index in [2.05, 4.69) is 57.0 Å². The van der Waals surface area contributed by atoms with Crippen molar-refractivity contribution in [2.24, 2.45) is 5.92 Å². The first-order chi connectivity index (χ1) is 9.58.